The van der Waals surface area contributed by atoms with Crippen LogP contribution in [0.15, 0.2) is 0 Å². The zero-order chi connectivity index (χ0) is 61.6. The third-order valence-electron chi connectivity index (χ3n) is 15.1. The first-order chi connectivity index (χ1) is 39.0. The minimum atomic E-state index is -1.16. The molecule has 0 aliphatic carbocycles. The highest BCUT2D eigenvalue weighted by Crippen LogP contribution is 2.17. The van der Waals surface area contributed by atoms with Crippen LogP contribution in [0.3, 0.4) is 0 Å². The molecule has 0 unspecified atom stereocenters. The lowest BCUT2D eigenvalue weighted by atomic mass is 9.98. The van der Waals surface area contributed by atoms with Crippen LogP contribution < -0.4 is 26.6 Å². The number of nitrogens with zero attached hydrogens (tertiary/aromatic N) is 1. The maximum Gasteiger partial charge on any atom is 0.328 e. The highest BCUT2D eigenvalue weighted by Gasteiger charge is 2.34. The molecule has 0 heterocycles. The quantitative estimate of drug-likeness (QED) is 0.0223. The van der Waals surface area contributed by atoms with Crippen molar-refractivity contribution in [3.63, 3.8) is 0 Å². The van der Waals surface area contributed by atoms with Gasteiger partial charge in [0.2, 0.25) is 29.5 Å². The van der Waals surface area contributed by atoms with Gasteiger partial charge in [0, 0.05) is 12.8 Å². The SMILES string of the molecule is CCCCCCCCCCCCOC(=O)CC[C@H](NC(=O)[C@H](CC(C)C)NC(=O)[C@H](CC(C)C)NC(=O)[C@H](CC(C)C)NC(=O)[C@H](CC(C)C)NC(=O)CCCCCCCCCC[N+](C)(C)C)C(=O)OCCCCCCCCCCCC. The molecule has 0 fully saturated rings. The summed E-state index contributed by atoms with van der Waals surface area (Å²) in [6, 6.07) is -5.15. The summed E-state index contributed by atoms with van der Waals surface area (Å²) in [6.07, 6.45) is 33.1. The van der Waals surface area contributed by atoms with E-state index in [2.05, 4.69) is 61.6 Å². The van der Waals surface area contributed by atoms with Crippen molar-refractivity contribution in [1.29, 1.82) is 0 Å². The van der Waals surface area contributed by atoms with Crippen LogP contribution in [0.2, 0.25) is 0 Å². The fraction of sp³-hybridized carbons (Fsp3) is 0.896. The molecule has 0 saturated heterocycles. The van der Waals surface area contributed by atoms with Crippen LogP contribution in [0.4, 0.5) is 0 Å². The van der Waals surface area contributed by atoms with Crippen LogP contribution in [0.1, 0.15) is 294 Å². The topological polar surface area (TPSA) is 198 Å². The molecule has 0 aromatic carbocycles. The highest BCUT2D eigenvalue weighted by atomic mass is 16.5. The summed E-state index contributed by atoms with van der Waals surface area (Å²) in [5.74, 6) is -3.47. The third kappa shape index (κ3) is 45.7. The lowest BCUT2D eigenvalue weighted by molar-refractivity contribution is -0.870. The van der Waals surface area contributed by atoms with E-state index in [0.717, 1.165) is 68.7 Å². The van der Waals surface area contributed by atoms with Gasteiger partial charge in [-0.3, -0.25) is 28.8 Å². The number of carbonyl (C=O) groups is 7. The number of amides is 5. The Balaban J connectivity index is 5.97. The van der Waals surface area contributed by atoms with Gasteiger partial charge in [-0.2, -0.15) is 0 Å². The van der Waals surface area contributed by atoms with Gasteiger partial charge in [0.25, 0.3) is 0 Å². The molecule has 0 radical (unpaired) electrons. The number of hydrogen-bond acceptors (Lipinski definition) is 9. The predicted octanol–water partition coefficient (Wildman–Crippen LogP) is 13.5. The molecule has 5 amide bonds. The largest absolute Gasteiger partial charge is 0.466 e. The van der Waals surface area contributed by atoms with Crippen molar-refractivity contribution in [3.05, 3.63) is 0 Å². The molecule has 0 aliphatic rings. The fourth-order valence-corrected chi connectivity index (χ4v) is 10.3. The van der Waals surface area contributed by atoms with Crippen LogP contribution in [0.25, 0.3) is 0 Å². The van der Waals surface area contributed by atoms with Gasteiger partial charge in [-0.1, -0.05) is 217 Å². The Morgan fingerprint density at radius 1 is 0.341 bits per heavy atom. The third-order valence-corrected chi connectivity index (χ3v) is 15.1. The van der Waals surface area contributed by atoms with Gasteiger partial charge >= 0.3 is 11.9 Å². The average molecular weight is 1160 g/mol. The van der Waals surface area contributed by atoms with Gasteiger partial charge in [-0.05, 0) is 87.9 Å². The van der Waals surface area contributed by atoms with Crippen LogP contribution in [0, 0.1) is 23.7 Å². The minimum Gasteiger partial charge on any atom is -0.466 e. The van der Waals surface area contributed by atoms with Crippen molar-refractivity contribution in [2.45, 2.75) is 324 Å². The number of esters is 2. The van der Waals surface area contributed by atoms with Gasteiger partial charge in [0.1, 0.15) is 30.2 Å². The van der Waals surface area contributed by atoms with Crippen molar-refractivity contribution in [2.75, 3.05) is 40.9 Å². The first kappa shape index (κ1) is 78.2. The van der Waals surface area contributed by atoms with Crippen LogP contribution in [-0.2, 0) is 43.0 Å². The van der Waals surface area contributed by atoms with E-state index in [9.17, 15) is 33.6 Å². The first-order valence-corrected chi connectivity index (χ1v) is 33.6. The molecule has 0 saturated carbocycles. The molecule has 0 spiro atoms. The molecule has 82 heavy (non-hydrogen) atoms. The summed E-state index contributed by atoms with van der Waals surface area (Å²) < 4.78 is 12.3. The Labute approximate surface area is 502 Å². The van der Waals surface area contributed by atoms with Gasteiger partial charge in [-0.25, -0.2) is 4.79 Å². The van der Waals surface area contributed by atoms with Gasteiger partial charge in [0.15, 0.2) is 0 Å². The summed E-state index contributed by atoms with van der Waals surface area (Å²) in [7, 11) is 6.67. The number of quaternary nitrogens is 1. The molecule has 15 nitrogen and oxygen atoms in total. The number of ether oxygens (including phenoxy) is 2. The van der Waals surface area contributed by atoms with Gasteiger partial charge in [0.05, 0.1) is 40.9 Å². The van der Waals surface area contributed by atoms with Crippen molar-refractivity contribution in [2.24, 2.45) is 23.7 Å². The van der Waals surface area contributed by atoms with E-state index in [1.165, 1.54) is 116 Å². The lowest BCUT2D eigenvalue weighted by Crippen LogP contribution is -2.59. The van der Waals surface area contributed by atoms with Crippen LogP contribution in [0.5, 0.6) is 0 Å². The van der Waals surface area contributed by atoms with E-state index in [4.69, 9.17) is 9.47 Å². The molecular formula is C67H129N6O9+. The molecular weight excluding hydrogens is 1030 g/mol. The second kappa shape index (κ2) is 49.5. The number of unbranched alkanes of at least 4 members (excludes halogenated alkanes) is 25. The number of carbonyl (C=O) groups excluding carboxylic acids is 7. The predicted molar refractivity (Wildman–Crippen MR) is 337 cm³/mol. The Kier molecular flexibility index (Phi) is 47.2. The molecule has 0 aromatic rings. The smallest absolute Gasteiger partial charge is 0.328 e. The summed E-state index contributed by atoms with van der Waals surface area (Å²) in [5, 5.41) is 14.5. The Bertz CT molecular complexity index is 1680. The Morgan fingerprint density at radius 3 is 0.976 bits per heavy atom. The van der Waals surface area contributed by atoms with E-state index in [1.807, 2.05) is 55.4 Å². The molecule has 0 aliphatic heterocycles. The molecule has 5 atom stereocenters. The maximum absolute atomic E-state index is 14.4. The molecule has 480 valence electrons. The van der Waals surface area contributed by atoms with E-state index >= 15 is 0 Å². The maximum atomic E-state index is 14.4. The molecule has 0 aromatic heterocycles. The fourth-order valence-electron chi connectivity index (χ4n) is 10.3. The molecule has 0 bridgehead atoms. The second-order valence-corrected chi connectivity index (χ2v) is 26.8. The first-order valence-electron chi connectivity index (χ1n) is 33.6. The van der Waals surface area contributed by atoms with Crippen molar-refractivity contribution >= 4 is 41.5 Å². The van der Waals surface area contributed by atoms with Gasteiger partial charge in [-0.15, -0.1) is 0 Å². The van der Waals surface area contributed by atoms with Gasteiger partial charge < -0.3 is 40.5 Å². The van der Waals surface area contributed by atoms with Crippen LogP contribution >= 0.6 is 0 Å². The Morgan fingerprint density at radius 2 is 0.634 bits per heavy atom. The number of hydrogen-bond donors (Lipinski definition) is 5. The summed E-state index contributed by atoms with van der Waals surface area (Å²) >= 11 is 0. The van der Waals surface area contributed by atoms with Crippen LogP contribution in [-0.4, -0.2) is 117 Å². The zero-order valence-corrected chi connectivity index (χ0v) is 55.2. The van der Waals surface area contributed by atoms with Crippen molar-refractivity contribution < 1.29 is 47.5 Å². The summed E-state index contributed by atoms with van der Waals surface area (Å²) in [6.45, 7) is 21.7. The molecule has 5 N–H and O–H groups in total. The minimum absolute atomic E-state index is 0.00522. The standard InChI is InChI=1S/C67H128N6O9/c1-14-16-18-20-22-24-28-32-36-40-46-81-62(75)44-43-56(67(80)82-47-41-37-33-29-25-23-21-19-17-15-2)69-64(77)58(49-53(5)6)71-66(79)60(51-55(9)10)72-65(78)59(50-54(7)8)70-63(76)57(48-52(3)4)68-61(74)42-38-34-30-26-27-31-35-39-45-73(11,12)13/h52-60H,14-51H2,1-13H3,(H4-,68,69,70,71,72,74,76,77,78,79)/p+1/t56-,57-,58-,59-,60-/m0/s1. The average Bonchev–Trinajstić information content (AvgIpc) is 3.41. The number of rotatable bonds is 54. The zero-order valence-electron chi connectivity index (χ0n) is 55.2. The van der Waals surface area contributed by atoms with E-state index < -0.39 is 65.8 Å². The second-order valence-electron chi connectivity index (χ2n) is 26.8. The molecule has 15 heteroatoms. The lowest BCUT2D eigenvalue weighted by Gasteiger charge is -2.29. The highest BCUT2D eigenvalue weighted by molar-refractivity contribution is 5.96. The van der Waals surface area contributed by atoms with E-state index in [0.29, 0.717) is 25.9 Å². The summed E-state index contributed by atoms with van der Waals surface area (Å²) in [4.78, 5) is 97.0. The van der Waals surface area contributed by atoms with E-state index in [1.54, 1.807) is 0 Å². The monoisotopic (exact) mass is 1160 g/mol. The normalized spacial score (nSPS) is 13.6. The summed E-state index contributed by atoms with van der Waals surface area (Å²) in [5.41, 5.74) is 0. The molecule has 0 rings (SSSR count). The van der Waals surface area contributed by atoms with Crippen molar-refractivity contribution in [3.8, 4) is 0 Å². The number of nitrogens with one attached hydrogen (secondary N) is 5. The Hall–Kier alpha value is -3.75. The van der Waals surface area contributed by atoms with E-state index in [-0.39, 0.29) is 68.3 Å². The van der Waals surface area contributed by atoms with Crippen molar-refractivity contribution in [1.82, 2.24) is 26.6 Å².